The molecule has 0 bridgehead atoms. The van der Waals surface area contributed by atoms with Gasteiger partial charge in [-0.25, -0.2) is 12.7 Å². The van der Waals surface area contributed by atoms with E-state index in [1.807, 2.05) is 0 Å². The van der Waals surface area contributed by atoms with Gasteiger partial charge in [-0.1, -0.05) is 17.7 Å². The Kier molecular flexibility index (Phi) is 6.18. The van der Waals surface area contributed by atoms with Gasteiger partial charge < -0.3 is 5.32 Å². The van der Waals surface area contributed by atoms with E-state index in [4.69, 9.17) is 0 Å². The maximum atomic E-state index is 12.3. The van der Waals surface area contributed by atoms with Gasteiger partial charge in [0.15, 0.2) is 0 Å². The molecule has 1 amide bonds. The minimum absolute atomic E-state index is 0.176. The molecule has 1 N–H and O–H groups in total. The molecule has 0 aliphatic heterocycles. The Morgan fingerprint density at radius 2 is 2.00 bits per heavy atom. The summed E-state index contributed by atoms with van der Waals surface area (Å²) in [6.07, 6.45) is 7.86. The van der Waals surface area contributed by atoms with Gasteiger partial charge in [0.1, 0.15) is 0 Å². The van der Waals surface area contributed by atoms with Gasteiger partial charge >= 0.3 is 0 Å². The first-order chi connectivity index (χ1) is 11.3. The predicted octanol–water partition coefficient (Wildman–Crippen LogP) is 2.87. The molecule has 0 saturated heterocycles. The van der Waals surface area contributed by atoms with Gasteiger partial charge in [-0.2, -0.15) is 0 Å². The molecule has 5 nitrogen and oxygen atoms in total. The van der Waals surface area contributed by atoms with Gasteiger partial charge in [-0.3, -0.25) is 4.79 Å². The number of rotatable bonds is 6. The lowest BCUT2D eigenvalue weighted by Gasteiger charge is -2.15. The number of aryl methyl sites for hydroxylation is 1. The van der Waals surface area contributed by atoms with Crippen LogP contribution in [-0.2, 0) is 10.0 Å². The first kappa shape index (κ1) is 18.7. The highest BCUT2D eigenvalue weighted by molar-refractivity contribution is 7.89. The van der Waals surface area contributed by atoms with Gasteiger partial charge in [-0.15, -0.1) is 0 Å². The van der Waals surface area contributed by atoms with Crippen LogP contribution in [0.4, 0.5) is 0 Å². The fourth-order valence-electron chi connectivity index (χ4n) is 2.79. The number of nitrogens with zero attached hydrogens (tertiary/aromatic N) is 1. The second-order valence-corrected chi connectivity index (χ2v) is 8.50. The van der Waals surface area contributed by atoms with E-state index >= 15 is 0 Å². The van der Waals surface area contributed by atoms with Crippen LogP contribution in [0, 0.1) is 6.92 Å². The van der Waals surface area contributed by atoms with Crippen LogP contribution < -0.4 is 5.32 Å². The molecule has 0 saturated carbocycles. The molecule has 0 aromatic heterocycles. The molecule has 0 heterocycles. The quantitative estimate of drug-likeness (QED) is 0.802. The standard InChI is InChI=1S/C18H26N2O3S/c1-14-9-10-16(13-17(14)24(22,23)20(2)3)18(21)19-12-11-15-7-5-4-6-8-15/h7,9-10,13H,4-6,8,11-12H2,1-3H3,(H,19,21). The van der Waals surface area contributed by atoms with E-state index in [1.165, 1.54) is 38.6 Å². The maximum Gasteiger partial charge on any atom is 0.251 e. The molecule has 1 aromatic rings. The number of hydrogen-bond donors (Lipinski definition) is 1. The number of carbonyl (C=O) groups is 1. The monoisotopic (exact) mass is 350 g/mol. The third-order valence-corrected chi connectivity index (χ3v) is 6.28. The molecule has 0 fully saturated rings. The van der Waals surface area contributed by atoms with Crippen molar-refractivity contribution in [3.8, 4) is 0 Å². The van der Waals surface area contributed by atoms with Crippen LogP contribution in [0.25, 0.3) is 0 Å². The number of carbonyl (C=O) groups excluding carboxylic acids is 1. The Morgan fingerprint density at radius 3 is 2.62 bits per heavy atom. The minimum Gasteiger partial charge on any atom is -0.352 e. The summed E-state index contributed by atoms with van der Waals surface area (Å²) in [4.78, 5) is 12.5. The summed E-state index contributed by atoms with van der Waals surface area (Å²) < 4.78 is 25.8. The van der Waals surface area contributed by atoms with Crippen molar-refractivity contribution in [2.24, 2.45) is 0 Å². The number of nitrogens with one attached hydrogen (secondary N) is 1. The molecule has 1 aromatic carbocycles. The summed E-state index contributed by atoms with van der Waals surface area (Å²) in [5, 5.41) is 2.89. The van der Waals surface area contributed by atoms with E-state index in [0.717, 1.165) is 23.6 Å². The lowest BCUT2D eigenvalue weighted by atomic mass is 9.97. The molecule has 132 valence electrons. The van der Waals surface area contributed by atoms with E-state index in [9.17, 15) is 13.2 Å². The zero-order chi connectivity index (χ0) is 17.7. The largest absolute Gasteiger partial charge is 0.352 e. The molecule has 24 heavy (non-hydrogen) atoms. The van der Waals surface area contributed by atoms with E-state index in [1.54, 1.807) is 19.1 Å². The number of amides is 1. The average molecular weight is 350 g/mol. The Hall–Kier alpha value is -1.66. The van der Waals surface area contributed by atoms with Gasteiger partial charge in [0.2, 0.25) is 10.0 Å². The highest BCUT2D eigenvalue weighted by atomic mass is 32.2. The maximum absolute atomic E-state index is 12.3. The van der Waals surface area contributed by atoms with Gasteiger partial charge in [0.05, 0.1) is 4.90 Å². The zero-order valence-corrected chi connectivity index (χ0v) is 15.4. The molecule has 1 aliphatic rings. The van der Waals surface area contributed by atoms with Crippen molar-refractivity contribution in [3.63, 3.8) is 0 Å². The highest BCUT2D eigenvalue weighted by Crippen LogP contribution is 2.21. The van der Waals surface area contributed by atoms with Crippen molar-refractivity contribution in [2.45, 2.75) is 43.9 Å². The average Bonchev–Trinajstić information content (AvgIpc) is 2.55. The fraction of sp³-hybridized carbons (Fsp3) is 0.500. The molecule has 1 aliphatic carbocycles. The van der Waals surface area contributed by atoms with Crippen molar-refractivity contribution in [2.75, 3.05) is 20.6 Å². The highest BCUT2D eigenvalue weighted by Gasteiger charge is 2.21. The number of sulfonamides is 1. The van der Waals surface area contributed by atoms with Crippen LogP contribution in [0.15, 0.2) is 34.7 Å². The summed E-state index contributed by atoms with van der Waals surface area (Å²) in [6.45, 7) is 2.31. The summed E-state index contributed by atoms with van der Waals surface area (Å²) in [6, 6.07) is 4.80. The predicted molar refractivity (Wildman–Crippen MR) is 95.6 cm³/mol. The third kappa shape index (κ3) is 4.45. The molecule has 6 heteroatoms. The first-order valence-corrected chi connectivity index (χ1v) is 9.75. The lowest BCUT2D eigenvalue weighted by Crippen LogP contribution is -2.26. The molecule has 2 rings (SSSR count). The van der Waals surface area contributed by atoms with E-state index in [0.29, 0.717) is 17.7 Å². The van der Waals surface area contributed by atoms with Crippen molar-refractivity contribution in [3.05, 3.63) is 41.0 Å². The summed E-state index contributed by atoms with van der Waals surface area (Å²) in [7, 11) is -0.586. The Balaban J connectivity index is 2.06. The first-order valence-electron chi connectivity index (χ1n) is 8.31. The Labute approximate surface area is 144 Å². The van der Waals surface area contributed by atoms with Crippen molar-refractivity contribution >= 4 is 15.9 Å². The SMILES string of the molecule is Cc1ccc(C(=O)NCCC2=CCCCC2)cc1S(=O)(=O)N(C)C. The van der Waals surface area contributed by atoms with E-state index in [-0.39, 0.29) is 10.8 Å². The van der Waals surface area contributed by atoms with Crippen LogP contribution >= 0.6 is 0 Å². The second kappa shape index (κ2) is 7.94. The number of benzene rings is 1. The van der Waals surface area contributed by atoms with Crippen molar-refractivity contribution < 1.29 is 13.2 Å². The molecule has 0 unspecified atom stereocenters. The normalized spacial score (nSPS) is 15.2. The second-order valence-electron chi connectivity index (χ2n) is 6.38. The van der Waals surface area contributed by atoms with Crippen LogP contribution in [0.3, 0.4) is 0 Å². The van der Waals surface area contributed by atoms with Crippen molar-refractivity contribution in [1.82, 2.24) is 9.62 Å². The van der Waals surface area contributed by atoms with Crippen molar-refractivity contribution in [1.29, 1.82) is 0 Å². The van der Waals surface area contributed by atoms with Crippen LogP contribution in [-0.4, -0.2) is 39.3 Å². The van der Waals surface area contributed by atoms with Crippen LogP contribution in [0.1, 0.15) is 48.0 Å². The van der Waals surface area contributed by atoms with Gasteiger partial charge in [-0.05, 0) is 56.7 Å². The molecule has 0 atom stereocenters. The summed E-state index contributed by atoms with van der Waals surface area (Å²) in [5.74, 6) is -0.235. The lowest BCUT2D eigenvalue weighted by molar-refractivity contribution is 0.0954. The van der Waals surface area contributed by atoms with Crippen LogP contribution in [0.5, 0.6) is 0 Å². The number of hydrogen-bond acceptors (Lipinski definition) is 3. The van der Waals surface area contributed by atoms with E-state index in [2.05, 4.69) is 11.4 Å². The minimum atomic E-state index is -3.56. The Morgan fingerprint density at radius 1 is 1.25 bits per heavy atom. The molecular weight excluding hydrogens is 324 g/mol. The Bertz CT molecular complexity index is 737. The topological polar surface area (TPSA) is 66.5 Å². The van der Waals surface area contributed by atoms with Crippen LogP contribution in [0.2, 0.25) is 0 Å². The van der Waals surface area contributed by atoms with E-state index < -0.39 is 10.0 Å². The zero-order valence-electron chi connectivity index (χ0n) is 14.6. The van der Waals surface area contributed by atoms with Gasteiger partial charge in [0, 0.05) is 26.2 Å². The summed E-state index contributed by atoms with van der Waals surface area (Å²) in [5.41, 5.74) is 2.41. The smallest absolute Gasteiger partial charge is 0.251 e. The van der Waals surface area contributed by atoms with Gasteiger partial charge in [0.25, 0.3) is 5.91 Å². The number of allylic oxidation sites excluding steroid dienone is 1. The molecule has 0 spiro atoms. The third-order valence-electron chi connectivity index (χ3n) is 4.33. The summed E-state index contributed by atoms with van der Waals surface area (Å²) >= 11 is 0. The molecule has 0 radical (unpaired) electrons. The molecular formula is C18H26N2O3S. The fourth-order valence-corrected chi connectivity index (χ4v) is 3.93.